The third-order valence-corrected chi connectivity index (χ3v) is 6.31. The van der Waals surface area contributed by atoms with Crippen molar-refractivity contribution in [1.29, 1.82) is 0 Å². The van der Waals surface area contributed by atoms with Crippen LogP contribution in [0, 0.1) is 0 Å². The standard InChI is InChI=1S/C18H26N4O2.3C2HF3O2/c23-18-13-17-16(22(18)8-7-20-9-11-24-12-10-20)4-6-21(17)14-15-3-1-2-5-19-15;3*3-2(4,5)1(6)7/h1-3,5,16-17H,4,6-14H2;3*(H,6,7)/t16-,17+;;;/m1.../s1. The number of carbonyl (C=O) groups is 4. The Morgan fingerprint density at radius 1 is 0.800 bits per heavy atom. The highest BCUT2D eigenvalue weighted by Gasteiger charge is 2.46. The quantitative estimate of drug-likeness (QED) is 0.395. The lowest BCUT2D eigenvalue weighted by Gasteiger charge is -2.30. The highest BCUT2D eigenvalue weighted by atomic mass is 19.4. The summed E-state index contributed by atoms with van der Waals surface area (Å²) in [7, 11) is 0. The van der Waals surface area contributed by atoms with Gasteiger partial charge in [0, 0.05) is 64.0 Å². The number of hydrogen-bond donors (Lipinski definition) is 3. The van der Waals surface area contributed by atoms with Crippen molar-refractivity contribution < 1.29 is 78.7 Å². The van der Waals surface area contributed by atoms with Crippen molar-refractivity contribution in [2.24, 2.45) is 0 Å². The second kappa shape index (κ2) is 17.1. The number of aliphatic carboxylic acids is 3. The average molecular weight is 672 g/mol. The Hall–Kier alpha value is -3.72. The van der Waals surface area contributed by atoms with Gasteiger partial charge in [0.25, 0.3) is 0 Å². The fourth-order valence-electron chi connectivity index (χ4n) is 4.27. The van der Waals surface area contributed by atoms with Gasteiger partial charge in [-0.3, -0.25) is 19.6 Å². The van der Waals surface area contributed by atoms with Gasteiger partial charge in [0.05, 0.1) is 18.9 Å². The van der Waals surface area contributed by atoms with E-state index in [1.807, 2.05) is 18.3 Å². The number of ether oxygens (including phenoxy) is 1. The Balaban J connectivity index is 0.000000396. The molecular weight excluding hydrogens is 643 g/mol. The van der Waals surface area contributed by atoms with E-state index < -0.39 is 36.4 Å². The van der Waals surface area contributed by atoms with Crippen LogP contribution in [0.25, 0.3) is 0 Å². The van der Waals surface area contributed by atoms with Gasteiger partial charge in [0.1, 0.15) is 0 Å². The topological polar surface area (TPSA) is 161 Å². The number of hydrogen-bond acceptors (Lipinski definition) is 8. The monoisotopic (exact) mass is 672 g/mol. The van der Waals surface area contributed by atoms with Gasteiger partial charge in [-0.15, -0.1) is 0 Å². The van der Waals surface area contributed by atoms with Crippen molar-refractivity contribution in [3.63, 3.8) is 0 Å². The van der Waals surface area contributed by atoms with Crippen LogP contribution in [0.1, 0.15) is 18.5 Å². The maximum Gasteiger partial charge on any atom is 0.490 e. The molecule has 3 aliphatic rings. The molecule has 1 amide bonds. The molecule has 1 aromatic rings. The molecule has 3 N–H and O–H groups in total. The number of halogens is 9. The maximum atomic E-state index is 12.5. The van der Waals surface area contributed by atoms with Crippen LogP contribution >= 0.6 is 0 Å². The molecule has 0 aromatic carbocycles. The minimum absolute atomic E-state index is 0.323. The van der Waals surface area contributed by atoms with E-state index >= 15 is 0 Å². The number of nitrogens with zero attached hydrogens (tertiary/aromatic N) is 4. The number of aromatic nitrogens is 1. The first-order valence-corrected chi connectivity index (χ1v) is 12.8. The number of carboxylic acids is 3. The molecule has 0 saturated carbocycles. The van der Waals surface area contributed by atoms with Gasteiger partial charge in [0.2, 0.25) is 5.91 Å². The Morgan fingerprint density at radius 2 is 1.29 bits per heavy atom. The van der Waals surface area contributed by atoms with E-state index in [2.05, 4.69) is 25.8 Å². The van der Waals surface area contributed by atoms with Gasteiger partial charge in [-0.05, 0) is 18.6 Å². The van der Waals surface area contributed by atoms with Crippen LogP contribution < -0.4 is 0 Å². The summed E-state index contributed by atoms with van der Waals surface area (Å²) in [5.74, 6) is -7.95. The molecule has 0 radical (unpaired) electrons. The predicted octanol–water partition coefficient (Wildman–Crippen LogP) is 2.49. The second-order valence-corrected chi connectivity index (χ2v) is 9.37. The van der Waals surface area contributed by atoms with Crippen LogP contribution in [-0.4, -0.2) is 135 Å². The number of alkyl halides is 9. The summed E-state index contributed by atoms with van der Waals surface area (Å²) in [6.45, 7) is 7.36. The number of carbonyl (C=O) groups excluding carboxylic acids is 1. The lowest BCUT2D eigenvalue weighted by Crippen LogP contribution is -2.44. The molecule has 0 unspecified atom stereocenters. The number of amides is 1. The lowest BCUT2D eigenvalue weighted by molar-refractivity contribution is -0.193. The molecule has 0 aliphatic carbocycles. The Kier molecular flexibility index (Phi) is 14.9. The maximum absolute atomic E-state index is 12.5. The first-order valence-electron chi connectivity index (χ1n) is 12.8. The molecule has 21 heteroatoms. The molecule has 0 spiro atoms. The number of pyridine rings is 1. The van der Waals surface area contributed by atoms with Gasteiger partial charge in [-0.1, -0.05) is 6.07 Å². The minimum Gasteiger partial charge on any atom is -0.475 e. The van der Waals surface area contributed by atoms with Crippen LogP contribution in [-0.2, 0) is 30.5 Å². The van der Waals surface area contributed by atoms with E-state index in [4.69, 9.17) is 34.4 Å². The SMILES string of the molecule is O=C(O)C(F)(F)F.O=C(O)C(F)(F)F.O=C(O)C(F)(F)F.O=C1C[C@H]2[C@@H](CCN2Cc2ccccn2)N1CCN1CCOCC1. The van der Waals surface area contributed by atoms with Crippen LogP contribution in [0.2, 0.25) is 0 Å². The molecule has 256 valence electrons. The molecule has 12 nitrogen and oxygen atoms in total. The van der Waals surface area contributed by atoms with Crippen LogP contribution in [0.15, 0.2) is 24.4 Å². The zero-order chi connectivity index (χ0) is 34.6. The van der Waals surface area contributed by atoms with E-state index in [1.54, 1.807) is 0 Å². The highest BCUT2D eigenvalue weighted by molar-refractivity contribution is 5.80. The van der Waals surface area contributed by atoms with Gasteiger partial charge in [-0.25, -0.2) is 14.4 Å². The predicted molar refractivity (Wildman–Crippen MR) is 132 cm³/mol. The summed E-state index contributed by atoms with van der Waals surface area (Å²) < 4.78 is 101. The Morgan fingerprint density at radius 3 is 1.71 bits per heavy atom. The first-order chi connectivity index (χ1) is 20.6. The fourth-order valence-corrected chi connectivity index (χ4v) is 4.27. The van der Waals surface area contributed by atoms with Crippen molar-refractivity contribution in [2.45, 2.75) is 50.0 Å². The van der Waals surface area contributed by atoms with Crippen molar-refractivity contribution in [3.8, 4) is 0 Å². The van der Waals surface area contributed by atoms with Gasteiger partial charge < -0.3 is 25.0 Å². The number of fused-ring (bicyclic) bond motifs is 1. The molecule has 3 aliphatic heterocycles. The van der Waals surface area contributed by atoms with E-state index in [1.165, 1.54) is 0 Å². The van der Waals surface area contributed by atoms with Crippen molar-refractivity contribution in [1.82, 2.24) is 19.7 Å². The zero-order valence-electron chi connectivity index (χ0n) is 23.1. The summed E-state index contributed by atoms with van der Waals surface area (Å²) in [6, 6.07) is 6.80. The molecule has 3 fully saturated rings. The molecule has 2 atom stereocenters. The van der Waals surface area contributed by atoms with Crippen LogP contribution in [0.5, 0.6) is 0 Å². The normalized spacial score (nSPS) is 20.5. The van der Waals surface area contributed by atoms with E-state index in [-0.39, 0.29) is 0 Å². The number of likely N-dealkylation sites (tertiary alicyclic amines) is 2. The second-order valence-electron chi connectivity index (χ2n) is 9.37. The zero-order valence-corrected chi connectivity index (χ0v) is 23.1. The summed E-state index contributed by atoms with van der Waals surface area (Å²) in [6.07, 6.45) is -11.6. The first kappa shape index (κ1) is 39.3. The van der Waals surface area contributed by atoms with Crippen LogP contribution in [0.4, 0.5) is 39.5 Å². The average Bonchev–Trinajstić information content (AvgIpc) is 3.46. The van der Waals surface area contributed by atoms with E-state index in [0.29, 0.717) is 24.4 Å². The Labute approximate surface area is 248 Å². The number of carboxylic acid groups (broad SMARTS) is 3. The van der Waals surface area contributed by atoms with Crippen molar-refractivity contribution >= 4 is 23.8 Å². The minimum atomic E-state index is -5.08. The van der Waals surface area contributed by atoms with E-state index in [0.717, 1.165) is 64.6 Å². The molecular formula is C24H29F9N4O8. The highest BCUT2D eigenvalue weighted by Crippen LogP contribution is 2.33. The van der Waals surface area contributed by atoms with Crippen molar-refractivity contribution in [2.75, 3.05) is 45.9 Å². The smallest absolute Gasteiger partial charge is 0.475 e. The molecule has 1 aromatic heterocycles. The Bertz CT molecular complexity index is 1060. The van der Waals surface area contributed by atoms with E-state index in [9.17, 15) is 44.3 Å². The van der Waals surface area contributed by atoms with Gasteiger partial charge >= 0.3 is 36.4 Å². The molecule has 45 heavy (non-hydrogen) atoms. The lowest BCUT2D eigenvalue weighted by atomic mass is 10.1. The molecule has 3 saturated heterocycles. The summed E-state index contributed by atoms with van der Waals surface area (Å²) in [4.78, 5) is 50.6. The third kappa shape index (κ3) is 14.3. The van der Waals surface area contributed by atoms with Crippen LogP contribution in [0.3, 0.4) is 0 Å². The largest absolute Gasteiger partial charge is 0.490 e. The molecule has 4 heterocycles. The summed E-state index contributed by atoms with van der Waals surface area (Å²) >= 11 is 0. The number of morpholine rings is 1. The summed E-state index contributed by atoms with van der Waals surface area (Å²) in [5.41, 5.74) is 1.09. The summed E-state index contributed by atoms with van der Waals surface area (Å²) in [5, 5.41) is 21.4. The third-order valence-electron chi connectivity index (χ3n) is 6.31. The molecule has 4 rings (SSSR count). The molecule has 0 bridgehead atoms. The van der Waals surface area contributed by atoms with Gasteiger partial charge in [0.15, 0.2) is 0 Å². The van der Waals surface area contributed by atoms with Crippen molar-refractivity contribution in [3.05, 3.63) is 30.1 Å². The van der Waals surface area contributed by atoms with Gasteiger partial charge in [-0.2, -0.15) is 39.5 Å². The number of rotatable bonds is 5. The fraction of sp³-hybridized carbons (Fsp3) is 0.625.